The van der Waals surface area contributed by atoms with Crippen molar-refractivity contribution in [3.8, 4) is 0 Å². The maximum atomic E-state index is 5.12. The molecule has 69 valence electrons. The molecule has 2 rings (SSSR count). The molecular weight excluding hydrogens is 150 g/mol. The van der Waals surface area contributed by atoms with Gasteiger partial charge in [0.2, 0.25) is 0 Å². The molecule has 0 aliphatic carbocycles. The van der Waals surface area contributed by atoms with Gasteiger partial charge in [0.25, 0.3) is 0 Å². The molecule has 2 heterocycles. The molecule has 1 radical (unpaired) electrons. The maximum Gasteiger partial charge on any atom is 0.0589 e. The van der Waals surface area contributed by atoms with Crippen molar-refractivity contribution in [2.75, 3.05) is 20.3 Å². The number of nitrogens with zero attached hydrogens (tertiary/aromatic N) is 1. The van der Waals surface area contributed by atoms with Crippen LogP contribution in [0.2, 0.25) is 0 Å². The van der Waals surface area contributed by atoms with Crippen LogP contribution >= 0.6 is 0 Å². The van der Waals surface area contributed by atoms with Gasteiger partial charge in [-0.15, -0.1) is 0 Å². The van der Waals surface area contributed by atoms with E-state index in [1.165, 1.54) is 25.7 Å². The summed E-state index contributed by atoms with van der Waals surface area (Å²) in [7, 11) is 1.79. The van der Waals surface area contributed by atoms with Crippen LogP contribution in [-0.2, 0) is 4.74 Å². The van der Waals surface area contributed by atoms with Crippen LogP contribution in [0.25, 0.3) is 0 Å². The van der Waals surface area contributed by atoms with E-state index in [2.05, 4.69) is 11.3 Å². The van der Waals surface area contributed by atoms with Crippen LogP contribution in [0.15, 0.2) is 0 Å². The minimum Gasteiger partial charge on any atom is -0.383 e. The number of methoxy groups -OCH3 is 1. The van der Waals surface area contributed by atoms with Gasteiger partial charge in [-0.05, 0) is 32.1 Å². The van der Waals surface area contributed by atoms with Gasteiger partial charge in [-0.3, -0.25) is 4.90 Å². The molecule has 2 nitrogen and oxygen atoms in total. The van der Waals surface area contributed by atoms with E-state index in [1.807, 2.05) is 0 Å². The van der Waals surface area contributed by atoms with Gasteiger partial charge in [-0.25, -0.2) is 0 Å². The molecule has 0 aromatic rings. The van der Waals surface area contributed by atoms with Gasteiger partial charge in [0.1, 0.15) is 0 Å². The summed E-state index contributed by atoms with van der Waals surface area (Å²) >= 11 is 0. The predicted octanol–water partition coefficient (Wildman–Crippen LogP) is 1.46. The summed E-state index contributed by atoms with van der Waals surface area (Å²) in [6.45, 7) is 2.03. The van der Waals surface area contributed by atoms with Crippen molar-refractivity contribution in [1.82, 2.24) is 4.90 Å². The normalized spacial score (nSPS) is 35.8. The summed E-state index contributed by atoms with van der Waals surface area (Å²) in [5.74, 6) is 0. The van der Waals surface area contributed by atoms with Gasteiger partial charge < -0.3 is 4.74 Å². The van der Waals surface area contributed by atoms with E-state index in [1.54, 1.807) is 7.11 Å². The fourth-order valence-corrected chi connectivity index (χ4v) is 2.56. The Balaban J connectivity index is 1.87. The van der Waals surface area contributed by atoms with Crippen molar-refractivity contribution in [3.05, 3.63) is 6.42 Å². The van der Waals surface area contributed by atoms with Crippen LogP contribution in [0.3, 0.4) is 0 Å². The lowest BCUT2D eigenvalue weighted by Gasteiger charge is -2.34. The lowest BCUT2D eigenvalue weighted by Crippen LogP contribution is -2.41. The van der Waals surface area contributed by atoms with Gasteiger partial charge >= 0.3 is 0 Å². The molecule has 0 aromatic carbocycles. The molecule has 2 atom stereocenters. The zero-order chi connectivity index (χ0) is 8.39. The van der Waals surface area contributed by atoms with Crippen molar-refractivity contribution < 1.29 is 4.74 Å². The van der Waals surface area contributed by atoms with Gasteiger partial charge in [0, 0.05) is 25.7 Å². The Morgan fingerprint density at radius 2 is 2.00 bits per heavy atom. The second kappa shape index (κ2) is 3.75. The highest BCUT2D eigenvalue weighted by Gasteiger charge is 2.35. The first-order valence-electron chi connectivity index (χ1n) is 4.98. The first-order valence-corrected chi connectivity index (χ1v) is 4.98. The third kappa shape index (κ3) is 1.50. The van der Waals surface area contributed by atoms with E-state index in [-0.39, 0.29) is 0 Å². The first-order chi connectivity index (χ1) is 5.92. The molecule has 2 aliphatic rings. The third-order valence-corrected chi connectivity index (χ3v) is 3.20. The largest absolute Gasteiger partial charge is 0.383 e. The molecule has 2 saturated heterocycles. The van der Waals surface area contributed by atoms with Gasteiger partial charge in [-0.2, -0.15) is 0 Å². The molecular formula is C10H18NO. The fraction of sp³-hybridized carbons (Fsp3) is 0.900. The molecule has 2 bridgehead atoms. The van der Waals surface area contributed by atoms with E-state index < -0.39 is 0 Å². The Hall–Kier alpha value is -0.0800. The Labute approximate surface area is 74.9 Å². The third-order valence-electron chi connectivity index (χ3n) is 3.20. The summed E-state index contributed by atoms with van der Waals surface area (Å²) < 4.78 is 5.12. The van der Waals surface area contributed by atoms with Gasteiger partial charge in [0.05, 0.1) is 6.61 Å². The monoisotopic (exact) mass is 168 g/mol. The van der Waals surface area contributed by atoms with E-state index in [4.69, 9.17) is 4.74 Å². The summed E-state index contributed by atoms with van der Waals surface area (Å²) in [6, 6.07) is 1.69. The van der Waals surface area contributed by atoms with Gasteiger partial charge in [-0.1, -0.05) is 0 Å². The molecule has 2 heteroatoms. The van der Waals surface area contributed by atoms with Crippen molar-refractivity contribution in [2.45, 2.75) is 37.8 Å². The standard InChI is InChI=1S/C10H18NO/c1-12-8-7-11-9-3-2-4-10(11)6-5-9/h2,9-10H,3-8H2,1H3. The summed E-state index contributed by atoms with van der Waals surface area (Å²) in [5.41, 5.74) is 0. The number of piperidine rings is 1. The van der Waals surface area contributed by atoms with E-state index in [0.717, 1.165) is 25.2 Å². The van der Waals surface area contributed by atoms with E-state index >= 15 is 0 Å². The zero-order valence-corrected chi connectivity index (χ0v) is 7.83. The highest BCUT2D eigenvalue weighted by atomic mass is 16.5. The van der Waals surface area contributed by atoms with Crippen molar-refractivity contribution in [1.29, 1.82) is 0 Å². The van der Waals surface area contributed by atoms with E-state index in [9.17, 15) is 0 Å². The Morgan fingerprint density at radius 3 is 2.58 bits per heavy atom. The number of ether oxygens (including phenoxy) is 1. The second-order valence-electron chi connectivity index (χ2n) is 3.88. The molecule has 2 unspecified atom stereocenters. The number of hydrogen-bond acceptors (Lipinski definition) is 2. The van der Waals surface area contributed by atoms with Crippen LogP contribution in [0.4, 0.5) is 0 Å². The summed E-state index contributed by atoms with van der Waals surface area (Å²) in [6.07, 6.45) is 7.89. The fourth-order valence-electron chi connectivity index (χ4n) is 2.56. The van der Waals surface area contributed by atoms with Crippen LogP contribution < -0.4 is 0 Å². The lowest BCUT2D eigenvalue weighted by atomic mass is 10.0. The molecule has 0 aromatic heterocycles. The zero-order valence-electron chi connectivity index (χ0n) is 7.83. The number of rotatable bonds is 3. The smallest absolute Gasteiger partial charge is 0.0589 e. The minimum absolute atomic E-state index is 0.846. The quantitative estimate of drug-likeness (QED) is 0.632. The van der Waals surface area contributed by atoms with Crippen molar-refractivity contribution >= 4 is 0 Å². The maximum absolute atomic E-state index is 5.12. The molecule has 0 amide bonds. The number of fused-ring (bicyclic) bond motifs is 2. The molecule has 0 N–H and O–H groups in total. The SMILES string of the molecule is COCCN1C2C[CH]CC1CC2. The second-order valence-corrected chi connectivity index (χ2v) is 3.88. The molecule has 0 saturated carbocycles. The van der Waals surface area contributed by atoms with Crippen LogP contribution in [-0.4, -0.2) is 37.2 Å². The number of hydrogen-bond donors (Lipinski definition) is 0. The van der Waals surface area contributed by atoms with Crippen molar-refractivity contribution in [3.63, 3.8) is 0 Å². The highest BCUT2D eigenvalue weighted by molar-refractivity contribution is 4.97. The highest BCUT2D eigenvalue weighted by Crippen LogP contribution is 2.34. The first kappa shape index (κ1) is 8.52. The van der Waals surface area contributed by atoms with E-state index in [0.29, 0.717) is 0 Å². The van der Waals surface area contributed by atoms with Crippen molar-refractivity contribution in [2.24, 2.45) is 0 Å². The van der Waals surface area contributed by atoms with Gasteiger partial charge in [0.15, 0.2) is 0 Å². The van der Waals surface area contributed by atoms with Crippen LogP contribution in [0, 0.1) is 6.42 Å². The average Bonchev–Trinajstić information content (AvgIpc) is 2.36. The Kier molecular flexibility index (Phi) is 2.66. The average molecular weight is 168 g/mol. The molecule has 2 aliphatic heterocycles. The molecule has 12 heavy (non-hydrogen) atoms. The lowest BCUT2D eigenvalue weighted by molar-refractivity contribution is 0.103. The predicted molar refractivity (Wildman–Crippen MR) is 48.9 cm³/mol. The Bertz CT molecular complexity index is 133. The minimum atomic E-state index is 0.846. The topological polar surface area (TPSA) is 12.5 Å². The summed E-state index contributed by atoms with van der Waals surface area (Å²) in [4.78, 5) is 2.64. The van der Waals surface area contributed by atoms with Crippen LogP contribution in [0.5, 0.6) is 0 Å². The molecule has 0 spiro atoms. The summed E-state index contributed by atoms with van der Waals surface area (Å²) in [5, 5.41) is 0. The Morgan fingerprint density at radius 1 is 1.33 bits per heavy atom. The molecule has 2 fully saturated rings. The van der Waals surface area contributed by atoms with Crippen LogP contribution in [0.1, 0.15) is 25.7 Å².